The highest BCUT2D eigenvalue weighted by atomic mass is 35.5. The molecule has 5 rings (SSSR count). The first kappa shape index (κ1) is 27.9. The van der Waals surface area contributed by atoms with Gasteiger partial charge in [0.2, 0.25) is 5.91 Å². The Bertz CT molecular complexity index is 1380. The largest absolute Gasteiger partial charge is 0.343 e. The fourth-order valence-corrected chi connectivity index (χ4v) is 5.74. The zero-order valence-corrected chi connectivity index (χ0v) is 23.2. The third-order valence-electron chi connectivity index (χ3n) is 7.68. The zero-order chi connectivity index (χ0) is 28.2. The first-order chi connectivity index (χ1) is 19.4. The van der Waals surface area contributed by atoms with Crippen molar-refractivity contribution >= 4 is 40.2 Å². The van der Waals surface area contributed by atoms with Crippen LogP contribution in [0.1, 0.15) is 37.3 Å². The van der Waals surface area contributed by atoms with Crippen LogP contribution in [0.3, 0.4) is 0 Å². The summed E-state index contributed by atoms with van der Waals surface area (Å²) >= 11 is 5.98. The van der Waals surface area contributed by atoms with Gasteiger partial charge in [0.15, 0.2) is 12.8 Å². The lowest BCUT2D eigenvalue weighted by atomic mass is 9.96. The second kappa shape index (κ2) is 12.2. The lowest BCUT2D eigenvalue weighted by Gasteiger charge is -2.54. The number of hydrogen-bond donors (Lipinski definition) is 2. The summed E-state index contributed by atoms with van der Waals surface area (Å²) in [5.74, 6) is -0.444. The van der Waals surface area contributed by atoms with E-state index in [1.165, 1.54) is 5.06 Å². The molecule has 2 heterocycles. The first-order valence-corrected chi connectivity index (χ1v) is 14.0. The summed E-state index contributed by atoms with van der Waals surface area (Å²) in [4.78, 5) is 49.7. The number of hydroxylamine groups is 2. The van der Waals surface area contributed by atoms with Crippen molar-refractivity contribution in [1.29, 1.82) is 0 Å². The molecule has 3 aromatic carbocycles. The van der Waals surface area contributed by atoms with Crippen molar-refractivity contribution in [3.8, 4) is 0 Å². The Morgan fingerprint density at radius 3 is 2.58 bits per heavy atom. The maximum absolute atomic E-state index is 14.0. The van der Waals surface area contributed by atoms with Crippen molar-refractivity contribution in [2.75, 3.05) is 13.2 Å². The standard InChI is InChI=1S/C30H34ClN5O4/c1-20-28-35(27(37)19-40-36(28)30(39)33-17-21-12-14-24(31)15-13-21)26(11-4-5-16-32)29(38)34(20)18-23-9-6-8-22-7-2-3-10-25(22)23/h2-3,6-10,12-15,20,26,28H,4-5,11,16-19,32H2,1H3,(H,33,39)/t20-,26-,28-/m0/s1. The number of fused-ring (bicyclic) bond motifs is 2. The highest BCUT2D eigenvalue weighted by molar-refractivity contribution is 6.30. The number of nitrogens with zero attached hydrogens (tertiary/aromatic N) is 3. The van der Waals surface area contributed by atoms with E-state index >= 15 is 0 Å². The van der Waals surface area contributed by atoms with Crippen LogP contribution in [0.4, 0.5) is 4.79 Å². The van der Waals surface area contributed by atoms with Crippen LogP contribution in [0.5, 0.6) is 0 Å². The molecule has 0 spiro atoms. The minimum absolute atomic E-state index is 0.134. The van der Waals surface area contributed by atoms with Gasteiger partial charge in [0.05, 0.1) is 6.04 Å². The summed E-state index contributed by atoms with van der Waals surface area (Å²) < 4.78 is 0. The van der Waals surface area contributed by atoms with Gasteiger partial charge >= 0.3 is 6.03 Å². The minimum atomic E-state index is -0.790. The van der Waals surface area contributed by atoms with E-state index < -0.39 is 24.3 Å². The average molecular weight is 564 g/mol. The summed E-state index contributed by atoms with van der Waals surface area (Å²) in [7, 11) is 0. The van der Waals surface area contributed by atoms with E-state index in [1.807, 2.05) is 61.5 Å². The smallest absolute Gasteiger partial charge is 0.332 e. The van der Waals surface area contributed by atoms with E-state index in [0.29, 0.717) is 31.0 Å². The number of nitrogens with two attached hydrogens (primary N) is 1. The number of carbonyl (C=O) groups excluding carboxylic acids is 3. The molecule has 0 aromatic heterocycles. The predicted octanol–water partition coefficient (Wildman–Crippen LogP) is 4.03. The summed E-state index contributed by atoms with van der Waals surface area (Å²) in [6.45, 7) is 2.63. The molecule has 0 aliphatic carbocycles. The molecule has 3 atom stereocenters. The SMILES string of the molecule is C[C@H]1[C@@H]2N(C(=O)NCc3ccc(Cl)cc3)OCC(=O)N2[C@@H](CCCCN)C(=O)N1Cc1cccc2ccccc12. The quantitative estimate of drug-likeness (QED) is 0.402. The molecule has 10 heteroatoms. The van der Waals surface area contributed by atoms with Crippen LogP contribution in [0.15, 0.2) is 66.7 Å². The van der Waals surface area contributed by atoms with Gasteiger partial charge in [-0.2, -0.15) is 5.06 Å². The summed E-state index contributed by atoms with van der Waals surface area (Å²) in [6.07, 6.45) is 1.08. The monoisotopic (exact) mass is 563 g/mol. The maximum Gasteiger partial charge on any atom is 0.343 e. The lowest BCUT2D eigenvalue weighted by molar-refractivity contribution is -0.246. The Hall–Kier alpha value is -3.66. The Morgan fingerprint density at radius 2 is 1.80 bits per heavy atom. The molecule has 40 heavy (non-hydrogen) atoms. The number of benzene rings is 3. The molecule has 2 aliphatic heterocycles. The number of hydrogen-bond acceptors (Lipinski definition) is 5. The van der Waals surface area contributed by atoms with E-state index in [-0.39, 0.29) is 25.0 Å². The minimum Gasteiger partial charge on any atom is -0.332 e. The van der Waals surface area contributed by atoms with E-state index in [0.717, 1.165) is 28.3 Å². The lowest BCUT2D eigenvalue weighted by Crippen LogP contribution is -2.75. The number of piperazine rings is 1. The van der Waals surface area contributed by atoms with Gasteiger partial charge in [0.25, 0.3) is 5.91 Å². The van der Waals surface area contributed by atoms with Crippen LogP contribution >= 0.6 is 11.6 Å². The Morgan fingerprint density at radius 1 is 1.05 bits per heavy atom. The van der Waals surface area contributed by atoms with Gasteiger partial charge in [0.1, 0.15) is 6.04 Å². The van der Waals surface area contributed by atoms with Gasteiger partial charge in [-0.3, -0.25) is 14.4 Å². The summed E-state index contributed by atoms with van der Waals surface area (Å²) in [6, 6.07) is 19.5. The predicted molar refractivity (Wildman–Crippen MR) is 153 cm³/mol. The summed E-state index contributed by atoms with van der Waals surface area (Å²) in [5.41, 5.74) is 7.59. The van der Waals surface area contributed by atoms with Crippen molar-refractivity contribution in [2.45, 2.75) is 57.5 Å². The second-order valence-corrected chi connectivity index (χ2v) is 10.7. The van der Waals surface area contributed by atoms with E-state index in [9.17, 15) is 14.4 Å². The Labute approximate surface area is 238 Å². The van der Waals surface area contributed by atoms with Crippen molar-refractivity contribution in [2.24, 2.45) is 5.73 Å². The van der Waals surface area contributed by atoms with Gasteiger partial charge in [-0.1, -0.05) is 66.2 Å². The Balaban J connectivity index is 1.44. The highest BCUT2D eigenvalue weighted by Gasteiger charge is 2.53. The normalized spacial score (nSPS) is 21.1. The molecular formula is C30H34ClN5O4. The zero-order valence-electron chi connectivity index (χ0n) is 22.5. The van der Waals surface area contributed by atoms with E-state index in [4.69, 9.17) is 22.2 Å². The number of amides is 4. The van der Waals surface area contributed by atoms with Gasteiger partial charge < -0.3 is 20.9 Å². The number of unbranched alkanes of at least 4 members (excludes halogenated alkanes) is 1. The van der Waals surface area contributed by atoms with Crippen LogP contribution in [-0.2, 0) is 27.5 Å². The molecule has 3 aromatic rings. The van der Waals surface area contributed by atoms with Crippen LogP contribution in [-0.4, -0.2) is 64.1 Å². The summed E-state index contributed by atoms with van der Waals surface area (Å²) in [5, 5.41) is 6.85. The molecule has 0 bridgehead atoms. The molecule has 9 nitrogen and oxygen atoms in total. The topological polar surface area (TPSA) is 108 Å². The third-order valence-corrected chi connectivity index (χ3v) is 7.93. The molecule has 0 radical (unpaired) electrons. The molecule has 2 saturated heterocycles. The van der Waals surface area contributed by atoms with Crippen molar-refractivity contribution < 1.29 is 19.2 Å². The molecular weight excluding hydrogens is 530 g/mol. The number of halogens is 1. The van der Waals surface area contributed by atoms with Crippen molar-refractivity contribution in [1.82, 2.24) is 20.2 Å². The first-order valence-electron chi connectivity index (χ1n) is 13.6. The number of nitrogens with one attached hydrogen (secondary N) is 1. The second-order valence-electron chi connectivity index (χ2n) is 10.2. The third kappa shape index (κ3) is 5.63. The fourth-order valence-electron chi connectivity index (χ4n) is 5.61. The molecule has 210 valence electrons. The van der Waals surface area contributed by atoms with Crippen molar-refractivity contribution in [3.63, 3.8) is 0 Å². The Kier molecular flexibility index (Phi) is 8.54. The van der Waals surface area contributed by atoms with Crippen LogP contribution in [0, 0.1) is 0 Å². The average Bonchev–Trinajstić information content (AvgIpc) is 2.96. The molecule has 4 amide bonds. The van der Waals surface area contributed by atoms with Gasteiger partial charge in [-0.25, -0.2) is 4.79 Å². The fraction of sp³-hybridized carbons (Fsp3) is 0.367. The molecule has 3 N–H and O–H groups in total. The van der Waals surface area contributed by atoms with E-state index in [1.54, 1.807) is 21.9 Å². The maximum atomic E-state index is 14.0. The molecule has 2 fully saturated rings. The molecule has 0 saturated carbocycles. The highest BCUT2D eigenvalue weighted by Crippen LogP contribution is 2.33. The van der Waals surface area contributed by atoms with Gasteiger partial charge in [-0.05, 0) is 66.8 Å². The molecule has 2 aliphatic rings. The van der Waals surface area contributed by atoms with Gasteiger partial charge in [-0.15, -0.1) is 0 Å². The molecule has 0 unspecified atom stereocenters. The van der Waals surface area contributed by atoms with Crippen molar-refractivity contribution in [3.05, 3.63) is 82.9 Å². The van der Waals surface area contributed by atoms with Gasteiger partial charge in [0, 0.05) is 18.1 Å². The van der Waals surface area contributed by atoms with Crippen LogP contribution < -0.4 is 11.1 Å². The van der Waals surface area contributed by atoms with E-state index in [2.05, 4.69) is 5.32 Å². The van der Waals surface area contributed by atoms with Crippen LogP contribution in [0.2, 0.25) is 5.02 Å². The number of urea groups is 1. The number of carbonyl (C=O) groups is 3. The number of rotatable bonds is 8. The van der Waals surface area contributed by atoms with Crippen LogP contribution in [0.25, 0.3) is 10.8 Å².